The molecule has 3 aromatic carbocycles. The normalized spacial score (nSPS) is 10.3. The summed E-state index contributed by atoms with van der Waals surface area (Å²) in [4.78, 5) is 13.1. The first kappa shape index (κ1) is 15.4. The monoisotopic (exact) mass is 320 g/mol. The van der Waals surface area contributed by atoms with Gasteiger partial charge in [0.05, 0.1) is 0 Å². The molecular formula is C20H16O2S. The van der Waals surface area contributed by atoms with Crippen molar-refractivity contribution in [2.75, 3.05) is 0 Å². The lowest BCUT2D eigenvalue weighted by molar-refractivity contribution is 0.103. The van der Waals surface area contributed by atoms with E-state index in [1.807, 2.05) is 48.5 Å². The fourth-order valence-electron chi connectivity index (χ4n) is 2.28. The minimum Gasteiger partial charge on any atom is -0.489 e. The lowest BCUT2D eigenvalue weighted by Gasteiger charge is -2.09. The minimum atomic E-state index is -0.0368. The lowest BCUT2D eigenvalue weighted by Crippen LogP contribution is -2.03. The van der Waals surface area contributed by atoms with Crippen molar-refractivity contribution in [2.45, 2.75) is 11.5 Å². The van der Waals surface area contributed by atoms with E-state index in [0.717, 1.165) is 5.56 Å². The van der Waals surface area contributed by atoms with Gasteiger partial charge >= 0.3 is 0 Å². The molecule has 0 saturated heterocycles. The molecule has 23 heavy (non-hydrogen) atoms. The van der Waals surface area contributed by atoms with E-state index in [1.165, 1.54) is 0 Å². The summed E-state index contributed by atoms with van der Waals surface area (Å²) in [5, 5.41) is 0. The second-order valence-electron chi connectivity index (χ2n) is 5.15. The van der Waals surface area contributed by atoms with Crippen molar-refractivity contribution in [3.05, 3.63) is 95.6 Å². The number of hydrogen-bond acceptors (Lipinski definition) is 3. The zero-order valence-corrected chi connectivity index (χ0v) is 13.4. The Balaban J connectivity index is 1.74. The maximum atomic E-state index is 12.5. The van der Waals surface area contributed by atoms with E-state index >= 15 is 0 Å². The maximum absolute atomic E-state index is 12.5. The van der Waals surface area contributed by atoms with Crippen LogP contribution in [0.25, 0.3) is 0 Å². The highest BCUT2D eigenvalue weighted by atomic mass is 32.1. The molecule has 0 amide bonds. The molecule has 114 valence electrons. The second-order valence-corrected chi connectivity index (χ2v) is 5.63. The van der Waals surface area contributed by atoms with E-state index in [1.54, 1.807) is 30.3 Å². The molecule has 0 bridgehead atoms. The van der Waals surface area contributed by atoms with Crippen molar-refractivity contribution in [3.63, 3.8) is 0 Å². The average Bonchev–Trinajstić information content (AvgIpc) is 2.61. The van der Waals surface area contributed by atoms with Gasteiger partial charge in [0.25, 0.3) is 0 Å². The topological polar surface area (TPSA) is 26.3 Å². The molecule has 3 rings (SSSR count). The molecule has 0 radical (unpaired) electrons. The van der Waals surface area contributed by atoms with Gasteiger partial charge in [0, 0.05) is 16.0 Å². The third-order valence-corrected chi connectivity index (χ3v) is 3.87. The van der Waals surface area contributed by atoms with Crippen molar-refractivity contribution >= 4 is 18.4 Å². The smallest absolute Gasteiger partial charge is 0.194 e. The fourth-order valence-corrected chi connectivity index (χ4v) is 2.58. The van der Waals surface area contributed by atoms with Gasteiger partial charge in [-0.25, -0.2) is 0 Å². The molecule has 3 heteroatoms. The Morgan fingerprint density at radius 2 is 1.52 bits per heavy atom. The molecule has 3 aromatic rings. The first-order chi connectivity index (χ1) is 11.2. The third-order valence-electron chi connectivity index (χ3n) is 3.50. The molecule has 0 unspecified atom stereocenters. The lowest BCUT2D eigenvalue weighted by atomic mass is 10.0. The summed E-state index contributed by atoms with van der Waals surface area (Å²) < 4.78 is 5.75. The summed E-state index contributed by atoms with van der Waals surface area (Å²) in [7, 11) is 0. The number of hydrogen-bond donors (Lipinski definition) is 1. The van der Waals surface area contributed by atoms with Crippen LogP contribution in [-0.2, 0) is 6.61 Å². The Hall–Kier alpha value is -2.52. The Labute approximate surface area is 141 Å². The van der Waals surface area contributed by atoms with Gasteiger partial charge in [-0.15, -0.1) is 12.6 Å². The maximum Gasteiger partial charge on any atom is 0.194 e. The number of benzene rings is 3. The van der Waals surface area contributed by atoms with Crippen LogP contribution in [0.2, 0.25) is 0 Å². The Kier molecular flexibility index (Phi) is 4.79. The van der Waals surface area contributed by atoms with Gasteiger partial charge in [-0.05, 0) is 23.8 Å². The van der Waals surface area contributed by atoms with Gasteiger partial charge in [0.2, 0.25) is 0 Å². The van der Waals surface area contributed by atoms with E-state index in [4.69, 9.17) is 4.74 Å². The molecule has 2 nitrogen and oxygen atoms in total. The zero-order valence-electron chi connectivity index (χ0n) is 12.5. The summed E-state index contributed by atoms with van der Waals surface area (Å²) in [5.41, 5.74) is 2.32. The van der Waals surface area contributed by atoms with Crippen molar-refractivity contribution in [3.8, 4) is 5.75 Å². The van der Waals surface area contributed by atoms with Crippen LogP contribution in [0, 0.1) is 0 Å². The minimum absolute atomic E-state index is 0.0368. The largest absolute Gasteiger partial charge is 0.489 e. The van der Waals surface area contributed by atoms with Gasteiger partial charge in [-0.3, -0.25) is 4.79 Å². The number of carbonyl (C=O) groups is 1. The highest BCUT2D eigenvalue weighted by Crippen LogP contribution is 2.24. The van der Waals surface area contributed by atoms with Crippen molar-refractivity contribution in [1.82, 2.24) is 0 Å². The molecule has 0 N–H and O–H groups in total. The second kappa shape index (κ2) is 7.16. The standard InChI is InChI=1S/C20H16O2S/c21-20(16-9-5-2-6-10-16)18-12-11-17(13-19(18)23)22-14-15-7-3-1-4-8-15/h1-13,23H,14H2. The number of carbonyl (C=O) groups excluding carboxylic acids is 1. The molecule has 0 aliphatic carbocycles. The summed E-state index contributed by atoms with van der Waals surface area (Å²) in [6.45, 7) is 0.486. The predicted octanol–water partition coefficient (Wildman–Crippen LogP) is 4.79. The molecule has 0 heterocycles. The van der Waals surface area contributed by atoms with Crippen molar-refractivity contribution in [1.29, 1.82) is 0 Å². The number of ketones is 1. The Bertz CT molecular complexity index is 798. The zero-order chi connectivity index (χ0) is 16.1. The number of rotatable bonds is 5. The molecule has 0 spiro atoms. The fraction of sp³-hybridized carbons (Fsp3) is 0.0500. The van der Waals surface area contributed by atoms with Gasteiger partial charge in [0.1, 0.15) is 12.4 Å². The van der Waals surface area contributed by atoms with Crippen molar-refractivity contribution < 1.29 is 9.53 Å². The van der Waals surface area contributed by atoms with Crippen LogP contribution in [0.5, 0.6) is 5.75 Å². The molecule has 0 fully saturated rings. The van der Waals surface area contributed by atoms with Crippen LogP contribution < -0.4 is 4.74 Å². The van der Waals surface area contributed by atoms with Crippen molar-refractivity contribution in [2.24, 2.45) is 0 Å². The van der Waals surface area contributed by atoms with Crippen LogP contribution >= 0.6 is 12.6 Å². The predicted molar refractivity (Wildman–Crippen MR) is 94.3 cm³/mol. The first-order valence-corrected chi connectivity index (χ1v) is 7.78. The Morgan fingerprint density at radius 3 is 2.17 bits per heavy atom. The van der Waals surface area contributed by atoms with E-state index in [2.05, 4.69) is 12.6 Å². The third kappa shape index (κ3) is 3.82. The quantitative estimate of drug-likeness (QED) is 0.540. The van der Waals surface area contributed by atoms with E-state index in [9.17, 15) is 4.79 Å². The van der Waals surface area contributed by atoms with Gasteiger partial charge < -0.3 is 4.74 Å². The SMILES string of the molecule is O=C(c1ccccc1)c1ccc(OCc2ccccc2)cc1S. The average molecular weight is 320 g/mol. The summed E-state index contributed by atoms with van der Waals surface area (Å²) in [6, 6.07) is 24.5. The summed E-state index contributed by atoms with van der Waals surface area (Å²) >= 11 is 4.44. The summed E-state index contributed by atoms with van der Waals surface area (Å²) in [6.07, 6.45) is 0. The highest BCUT2D eigenvalue weighted by molar-refractivity contribution is 7.80. The van der Waals surface area contributed by atoms with E-state index in [0.29, 0.717) is 28.4 Å². The van der Waals surface area contributed by atoms with Gasteiger partial charge in [0.15, 0.2) is 5.78 Å². The van der Waals surface area contributed by atoms with Crippen LogP contribution in [-0.4, -0.2) is 5.78 Å². The van der Waals surface area contributed by atoms with Gasteiger partial charge in [-0.2, -0.15) is 0 Å². The molecule has 0 aromatic heterocycles. The Morgan fingerprint density at radius 1 is 0.870 bits per heavy atom. The van der Waals surface area contributed by atoms with Crippen LogP contribution in [0.1, 0.15) is 21.5 Å². The molecule has 0 aliphatic heterocycles. The van der Waals surface area contributed by atoms with Crippen LogP contribution in [0.4, 0.5) is 0 Å². The molecular weight excluding hydrogens is 304 g/mol. The van der Waals surface area contributed by atoms with E-state index < -0.39 is 0 Å². The van der Waals surface area contributed by atoms with E-state index in [-0.39, 0.29) is 5.78 Å². The van der Waals surface area contributed by atoms with Crippen LogP contribution in [0.3, 0.4) is 0 Å². The van der Waals surface area contributed by atoms with Gasteiger partial charge in [-0.1, -0.05) is 60.7 Å². The highest BCUT2D eigenvalue weighted by Gasteiger charge is 2.12. The first-order valence-electron chi connectivity index (χ1n) is 7.33. The number of ether oxygens (including phenoxy) is 1. The van der Waals surface area contributed by atoms with Crippen LogP contribution in [0.15, 0.2) is 83.8 Å². The molecule has 0 atom stereocenters. The summed E-state index contributed by atoms with van der Waals surface area (Å²) in [5.74, 6) is 0.661. The number of thiol groups is 1. The molecule has 0 aliphatic rings. The molecule has 0 saturated carbocycles.